The molecule has 0 bridgehead atoms. The minimum atomic E-state index is 0. The maximum absolute atomic E-state index is 12.7. The third-order valence-corrected chi connectivity index (χ3v) is 5.35. The minimum Gasteiger partial charge on any atom is -0.456 e. The molecule has 1 heterocycles. The summed E-state index contributed by atoms with van der Waals surface area (Å²) in [7, 11) is 1.95. The lowest BCUT2D eigenvalue weighted by atomic mass is 9.97. The van der Waals surface area contributed by atoms with E-state index in [1.54, 1.807) is 42.5 Å². The normalized spacial score (nSPS) is 16.6. The van der Waals surface area contributed by atoms with Crippen LogP contribution in [0.5, 0.6) is 11.5 Å². The fourth-order valence-corrected chi connectivity index (χ4v) is 3.57. The van der Waals surface area contributed by atoms with Crippen LogP contribution in [0.15, 0.2) is 42.5 Å². The van der Waals surface area contributed by atoms with E-state index < -0.39 is 0 Å². The molecule has 1 N–H and O–H groups in total. The summed E-state index contributed by atoms with van der Waals surface area (Å²) in [4.78, 5) is 14.7. The van der Waals surface area contributed by atoms with Gasteiger partial charge in [-0.3, -0.25) is 4.79 Å². The number of hydrogen-bond acceptors (Lipinski definition) is 3. The van der Waals surface area contributed by atoms with Crippen molar-refractivity contribution in [1.82, 2.24) is 10.2 Å². The first kappa shape index (κ1) is 21.8. The van der Waals surface area contributed by atoms with E-state index in [0.717, 1.165) is 32.5 Å². The van der Waals surface area contributed by atoms with Crippen molar-refractivity contribution in [3.05, 3.63) is 58.1 Å². The summed E-state index contributed by atoms with van der Waals surface area (Å²) in [6.07, 6.45) is 2.21. The average Bonchev–Trinajstić information content (AvgIpc) is 2.66. The zero-order chi connectivity index (χ0) is 18.5. The van der Waals surface area contributed by atoms with Crippen LogP contribution in [-0.4, -0.2) is 37.5 Å². The van der Waals surface area contributed by atoms with E-state index in [9.17, 15) is 4.79 Å². The van der Waals surface area contributed by atoms with E-state index >= 15 is 0 Å². The van der Waals surface area contributed by atoms with Gasteiger partial charge in [0, 0.05) is 18.7 Å². The predicted molar refractivity (Wildman–Crippen MR) is 113 cm³/mol. The topological polar surface area (TPSA) is 41.6 Å². The number of piperidine rings is 1. The lowest BCUT2D eigenvalue weighted by Gasteiger charge is -2.32. The Hall–Kier alpha value is -1.46. The van der Waals surface area contributed by atoms with Gasteiger partial charge < -0.3 is 15.0 Å². The van der Waals surface area contributed by atoms with Crippen LogP contribution >= 0.6 is 35.6 Å². The van der Waals surface area contributed by atoms with Gasteiger partial charge in [-0.1, -0.05) is 29.3 Å². The third-order valence-electron chi connectivity index (χ3n) is 4.54. The number of nitrogens with zero attached hydrogens (tertiary/aromatic N) is 1. The van der Waals surface area contributed by atoms with Crippen LogP contribution < -0.4 is 10.1 Å². The maximum atomic E-state index is 12.7. The number of carbonyl (C=O) groups excluding carboxylic acids is 1. The molecule has 0 radical (unpaired) electrons. The molecule has 27 heavy (non-hydrogen) atoms. The molecular formula is C20H23Cl3N2O2. The lowest BCUT2D eigenvalue weighted by Crippen LogP contribution is -2.42. The van der Waals surface area contributed by atoms with Gasteiger partial charge in [0.25, 0.3) is 5.91 Å². The van der Waals surface area contributed by atoms with Crippen molar-refractivity contribution >= 4 is 41.5 Å². The molecule has 2 aromatic rings. The molecule has 1 unspecified atom stereocenters. The summed E-state index contributed by atoms with van der Waals surface area (Å²) in [5, 5.41) is 4.02. The first-order valence-corrected chi connectivity index (χ1v) is 9.50. The largest absolute Gasteiger partial charge is 0.456 e. The Morgan fingerprint density at radius 2 is 1.96 bits per heavy atom. The van der Waals surface area contributed by atoms with Crippen molar-refractivity contribution in [2.45, 2.75) is 12.8 Å². The Kier molecular flexibility index (Phi) is 8.24. The monoisotopic (exact) mass is 428 g/mol. The standard InChI is InChI=1S/C20H22Cl2N2O2.ClH/c1-23-12-14-4-3-11-24(13-14)20(25)15-7-9-16(10-8-15)26-18-6-2-5-17(21)19(18)22;/h2,5-10,14,23H,3-4,11-13H2,1H3;1H. The first-order valence-electron chi connectivity index (χ1n) is 8.74. The second-order valence-corrected chi connectivity index (χ2v) is 7.28. The molecule has 1 fully saturated rings. The van der Waals surface area contributed by atoms with Crippen LogP contribution in [0.25, 0.3) is 0 Å². The van der Waals surface area contributed by atoms with Crippen LogP contribution in [0.2, 0.25) is 10.0 Å². The molecule has 0 aliphatic carbocycles. The number of benzene rings is 2. The van der Waals surface area contributed by atoms with Gasteiger partial charge in [0.15, 0.2) is 0 Å². The van der Waals surface area contributed by atoms with Crippen molar-refractivity contribution in [3.8, 4) is 11.5 Å². The Morgan fingerprint density at radius 3 is 2.67 bits per heavy atom. The zero-order valence-electron chi connectivity index (χ0n) is 15.1. The number of halogens is 3. The van der Waals surface area contributed by atoms with Gasteiger partial charge in [-0.05, 0) is 68.8 Å². The zero-order valence-corrected chi connectivity index (χ0v) is 17.4. The Labute approximate surface area is 176 Å². The fourth-order valence-electron chi connectivity index (χ4n) is 3.24. The highest BCUT2D eigenvalue weighted by Crippen LogP contribution is 2.34. The second kappa shape index (κ2) is 10.2. The van der Waals surface area contributed by atoms with E-state index in [2.05, 4.69) is 5.32 Å². The van der Waals surface area contributed by atoms with Crippen molar-refractivity contribution in [1.29, 1.82) is 0 Å². The minimum absolute atomic E-state index is 0. The summed E-state index contributed by atoms with van der Waals surface area (Å²) in [5.74, 6) is 1.69. The van der Waals surface area contributed by atoms with Crippen LogP contribution in [0.1, 0.15) is 23.2 Å². The molecule has 0 saturated carbocycles. The van der Waals surface area contributed by atoms with Gasteiger partial charge in [-0.15, -0.1) is 12.4 Å². The third kappa shape index (κ3) is 5.52. The highest BCUT2D eigenvalue weighted by atomic mass is 35.5. The highest BCUT2D eigenvalue weighted by molar-refractivity contribution is 6.42. The van der Waals surface area contributed by atoms with E-state index in [1.165, 1.54) is 0 Å². The molecule has 1 saturated heterocycles. The molecule has 7 heteroatoms. The van der Waals surface area contributed by atoms with E-state index in [1.807, 2.05) is 11.9 Å². The van der Waals surface area contributed by atoms with Crippen LogP contribution in [0.4, 0.5) is 0 Å². The summed E-state index contributed by atoms with van der Waals surface area (Å²) in [6.45, 7) is 2.56. The smallest absolute Gasteiger partial charge is 0.253 e. The van der Waals surface area contributed by atoms with Gasteiger partial charge >= 0.3 is 0 Å². The van der Waals surface area contributed by atoms with E-state index in [4.69, 9.17) is 27.9 Å². The fraction of sp³-hybridized carbons (Fsp3) is 0.350. The number of ether oxygens (including phenoxy) is 1. The van der Waals surface area contributed by atoms with E-state index in [0.29, 0.717) is 33.0 Å². The number of carbonyl (C=O) groups is 1. The summed E-state index contributed by atoms with van der Waals surface area (Å²) >= 11 is 12.1. The maximum Gasteiger partial charge on any atom is 0.253 e. The Bertz CT molecular complexity index is 766. The number of rotatable bonds is 5. The van der Waals surface area contributed by atoms with Gasteiger partial charge in [0.1, 0.15) is 16.5 Å². The molecule has 2 aromatic carbocycles. The summed E-state index contributed by atoms with van der Waals surface area (Å²) < 4.78 is 5.77. The molecule has 1 aliphatic rings. The molecule has 146 valence electrons. The molecular weight excluding hydrogens is 407 g/mol. The van der Waals surface area contributed by atoms with Crippen molar-refractivity contribution in [3.63, 3.8) is 0 Å². The second-order valence-electron chi connectivity index (χ2n) is 6.50. The molecule has 3 rings (SSSR count). The van der Waals surface area contributed by atoms with Gasteiger partial charge in [0.05, 0.1) is 5.02 Å². The number of hydrogen-bond donors (Lipinski definition) is 1. The van der Waals surface area contributed by atoms with Crippen molar-refractivity contribution in [2.24, 2.45) is 5.92 Å². The quantitative estimate of drug-likeness (QED) is 0.703. The lowest BCUT2D eigenvalue weighted by molar-refractivity contribution is 0.0674. The highest BCUT2D eigenvalue weighted by Gasteiger charge is 2.24. The molecule has 0 aromatic heterocycles. The Morgan fingerprint density at radius 1 is 1.22 bits per heavy atom. The number of likely N-dealkylation sites (tertiary alicyclic amines) is 1. The Balaban J connectivity index is 0.00000261. The molecule has 1 amide bonds. The van der Waals surface area contributed by atoms with Gasteiger partial charge in [-0.2, -0.15) is 0 Å². The SMILES string of the molecule is CNCC1CCCN(C(=O)c2ccc(Oc3cccc(Cl)c3Cl)cc2)C1.Cl. The van der Waals surface area contributed by atoms with E-state index in [-0.39, 0.29) is 18.3 Å². The molecule has 1 atom stereocenters. The summed E-state index contributed by atoms with van der Waals surface area (Å²) in [5.41, 5.74) is 0.666. The number of amides is 1. The first-order chi connectivity index (χ1) is 12.6. The van der Waals surface area contributed by atoms with Crippen LogP contribution in [0.3, 0.4) is 0 Å². The predicted octanol–water partition coefficient (Wildman–Crippen LogP) is 5.28. The number of nitrogens with one attached hydrogen (secondary N) is 1. The average molecular weight is 430 g/mol. The van der Waals surface area contributed by atoms with Crippen molar-refractivity contribution in [2.75, 3.05) is 26.7 Å². The van der Waals surface area contributed by atoms with Crippen LogP contribution in [0, 0.1) is 5.92 Å². The van der Waals surface area contributed by atoms with Crippen LogP contribution in [-0.2, 0) is 0 Å². The van der Waals surface area contributed by atoms with Crippen molar-refractivity contribution < 1.29 is 9.53 Å². The van der Waals surface area contributed by atoms with Gasteiger partial charge in [-0.25, -0.2) is 0 Å². The summed E-state index contributed by atoms with van der Waals surface area (Å²) in [6, 6.07) is 12.4. The van der Waals surface area contributed by atoms with Gasteiger partial charge in [0.2, 0.25) is 0 Å². The molecule has 1 aliphatic heterocycles. The molecule has 0 spiro atoms. The molecule has 4 nitrogen and oxygen atoms in total.